The number of carbonyl (C=O) groups is 1. The second kappa shape index (κ2) is 7.23. The SMILES string of the molecule is O=C(Nc1ccn(-c2ccccc2)n1)c1ccc(-c2noc(C(F)(F)F)n2)cc1. The van der Waals surface area contributed by atoms with Crippen LogP contribution in [0.1, 0.15) is 16.2 Å². The summed E-state index contributed by atoms with van der Waals surface area (Å²) in [6, 6.07) is 16.8. The molecule has 1 amide bonds. The molecule has 0 aliphatic rings. The highest BCUT2D eigenvalue weighted by molar-refractivity contribution is 6.03. The predicted octanol–water partition coefficient (Wildman–Crippen LogP) is 4.19. The molecule has 10 heteroatoms. The number of amides is 1. The van der Waals surface area contributed by atoms with E-state index >= 15 is 0 Å². The summed E-state index contributed by atoms with van der Waals surface area (Å²) in [7, 11) is 0. The second-order valence-corrected chi connectivity index (χ2v) is 5.93. The molecule has 2 aromatic heterocycles. The molecule has 0 saturated heterocycles. The molecule has 0 fully saturated rings. The standard InChI is InChI=1S/C19H12F3N5O2/c20-19(21,22)18-24-16(26-29-18)12-6-8-13(9-7-12)17(28)23-15-10-11-27(25-15)14-4-2-1-3-5-14/h1-11H,(H,23,25,28). The van der Waals surface area contributed by atoms with E-state index in [4.69, 9.17) is 0 Å². The van der Waals surface area contributed by atoms with Gasteiger partial charge in [0.1, 0.15) is 0 Å². The predicted molar refractivity (Wildman–Crippen MR) is 96.3 cm³/mol. The van der Waals surface area contributed by atoms with Crippen LogP contribution in [-0.2, 0) is 6.18 Å². The van der Waals surface area contributed by atoms with Gasteiger partial charge in [-0.15, -0.1) is 0 Å². The molecular formula is C19H12F3N5O2. The van der Waals surface area contributed by atoms with Crippen molar-refractivity contribution in [2.75, 3.05) is 5.32 Å². The number of hydrogen-bond donors (Lipinski definition) is 1. The van der Waals surface area contributed by atoms with Crippen LogP contribution in [0.15, 0.2) is 71.4 Å². The van der Waals surface area contributed by atoms with Crippen molar-refractivity contribution in [3.8, 4) is 17.1 Å². The summed E-state index contributed by atoms with van der Waals surface area (Å²) in [6.07, 6.45) is -3.00. The Hall–Kier alpha value is -3.95. The van der Waals surface area contributed by atoms with Crippen LogP contribution < -0.4 is 5.32 Å². The Morgan fingerprint density at radius 1 is 1.00 bits per heavy atom. The lowest BCUT2D eigenvalue weighted by molar-refractivity contribution is -0.159. The van der Waals surface area contributed by atoms with E-state index in [9.17, 15) is 18.0 Å². The zero-order valence-electron chi connectivity index (χ0n) is 14.6. The van der Waals surface area contributed by atoms with Crippen LogP contribution in [0, 0.1) is 0 Å². The Balaban J connectivity index is 1.46. The highest BCUT2D eigenvalue weighted by Gasteiger charge is 2.38. The van der Waals surface area contributed by atoms with E-state index < -0.39 is 18.0 Å². The zero-order chi connectivity index (χ0) is 20.4. The van der Waals surface area contributed by atoms with Gasteiger partial charge in [0.05, 0.1) is 5.69 Å². The van der Waals surface area contributed by atoms with E-state index in [1.54, 1.807) is 16.9 Å². The fraction of sp³-hybridized carbons (Fsp3) is 0.0526. The summed E-state index contributed by atoms with van der Waals surface area (Å²) >= 11 is 0. The third kappa shape index (κ3) is 4.00. The Morgan fingerprint density at radius 2 is 1.72 bits per heavy atom. The number of halogens is 3. The lowest BCUT2D eigenvalue weighted by atomic mass is 10.1. The summed E-state index contributed by atoms with van der Waals surface area (Å²) in [5.41, 5.74) is 1.42. The molecule has 0 radical (unpaired) electrons. The van der Waals surface area contributed by atoms with Gasteiger partial charge in [-0.05, 0) is 24.3 Å². The van der Waals surface area contributed by atoms with Gasteiger partial charge in [-0.3, -0.25) is 4.79 Å². The molecule has 1 N–H and O–H groups in total. The first-order valence-corrected chi connectivity index (χ1v) is 8.34. The van der Waals surface area contributed by atoms with Gasteiger partial charge < -0.3 is 9.84 Å². The van der Waals surface area contributed by atoms with E-state index in [2.05, 4.69) is 25.1 Å². The number of benzene rings is 2. The van der Waals surface area contributed by atoms with Crippen molar-refractivity contribution >= 4 is 11.7 Å². The molecule has 2 heterocycles. The van der Waals surface area contributed by atoms with Gasteiger partial charge >= 0.3 is 12.1 Å². The number of carbonyl (C=O) groups excluding carboxylic acids is 1. The number of alkyl halides is 3. The van der Waals surface area contributed by atoms with Crippen molar-refractivity contribution in [1.82, 2.24) is 19.9 Å². The molecule has 146 valence electrons. The minimum atomic E-state index is -4.71. The summed E-state index contributed by atoms with van der Waals surface area (Å²) in [5.74, 6) is -1.70. The smallest absolute Gasteiger partial charge is 0.329 e. The van der Waals surface area contributed by atoms with E-state index in [1.165, 1.54) is 24.3 Å². The van der Waals surface area contributed by atoms with E-state index in [1.807, 2.05) is 30.3 Å². The highest BCUT2D eigenvalue weighted by atomic mass is 19.4. The number of anilines is 1. The number of rotatable bonds is 4. The molecule has 0 saturated carbocycles. The van der Waals surface area contributed by atoms with Gasteiger partial charge in [0.2, 0.25) is 5.82 Å². The fourth-order valence-corrected chi connectivity index (χ4v) is 2.53. The van der Waals surface area contributed by atoms with Crippen LogP contribution in [0.2, 0.25) is 0 Å². The maximum absolute atomic E-state index is 12.5. The third-order valence-corrected chi connectivity index (χ3v) is 3.93. The van der Waals surface area contributed by atoms with Crippen molar-refractivity contribution in [2.24, 2.45) is 0 Å². The highest BCUT2D eigenvalue weighted by Crippen LogP contribution is 2.29. The minimum Gasteiger partial charge on any atom is -0.329 e. The number of nitrogens with zero attached hydrogens (tertiary/aromatic N) is 4. The van der Waals surface area contributed by atoms with E-state index in [0.717, 1.165) is 5.69 Å². The first-order chi connectivity index (χ1) is 13.9. The Kier molecular flexibility index (Phi) is 4.59. The van der Waals surface area contributed by atoms with Crippen LogP contribution in [-0.4, -0.2) is 25.8 Å². The molecule has 29 heavy (non-hydrogen) atoms. The Morgan fingerprint density at radius 3 is 2.38 bits per heavy atom. The van der Waals surface area contributed by atoms with Crippen LogP contribution >= 0.6 is 0 Å². The summed E-state index contributed by atoms with van der Waals surface area (Å²) < 4.78 is 43.5. The van der Waals surface area contributed by atoms with Gasteiger partial charge in [-0.25, -0.2) is 4.68 Å². The quantitative estimate of drug-likeness (QED) is 0.556. The van der Waals surface area contributed by atoms with E-state index in [-0.39, 0.29) is 11.4 Å². The topological polar surface area (TPSA) is 85.8 Å². The third-order valence-electron chi connectivity index (χ3n) is 3.93. The lowest BCUT2D eigenvalue weighted by Crippen LogP contribution is -2.12. The minimum absolute atomic E-state index is 0.217. The average Bonchev–Trinajstić information content (AvgIpc) is 3.38. The molecule has 0 aliphatic carbocycles. The van der Waals surface area contributed by atoms with Crippen LogP contribution in [0.5, 0.6) is 0 Å². The van der Waals surface area contributed by atoms with Gasteiger partial charge in [-0.1, -0.05) is 35.5 Å². The summed E-state index contributed by atoms with van der Waals surface area (Å²) in [5, 5.41) is 10.3. The average molecular weight is 399 g/mol. The number of para-hydroxylation sites is 1. The van der Waals surface area contributed by atoms with Gasteiger partial charge in [-0.2, -0.15) is 23.3 Å². The molecule has 0 unspecified atom stereocenters. The molecule has 4 rings (SSSR count). The fourth-order valence-electron chi connectivity index (χ4n) is 2.53. The van der Waals surface area contributed by atoms with Gasteiger partial charge in [0.25, 0.3) is 5.91 Å². The molecule has 0 spiro atoms. The van der Waals surface area contributed by atoms with Crippen molar-refractivity contribution in [1.29, 1.82) is 0 Å². The van der Waals surface area contributed by atoms with Crippen molar-refractivity contribution in [3.05, 3.63) is 78.3 Å². The Labute approximate surface area is 161 Å². The van der Waals surface area contributed by atoms with E-state index in [0.29, 0.717) is 11.4 Å². The molecule has 4 aromatic rings. The van der Waals surface area contributed by atoms with Crippen molar-refractivity contribution in [2.45, 2.75) is 6.18 Å². The van der Waals surface area contributed by atoms with Crippen molar-refractivity contribution in [3.63, 3.8) is 0 Å². The summed E-state index contributed by atoms with van der Waals surface area (Å²) in [6.45, 7) is 0. The molecule has 2 aromatic carbocycles. The number of hydrogen-bond acceptors (Lipinski definition) is 5. The lowest BCUT2D eigenvalue weighted by Gasteiger charge is -2.03. The number of nitrogens with one attached hydrogen (secondary N) is 1. The zero-order valence-corrected chi connectivity index (χ0v) is 14.6. The second-order valence-electron chi connectivity index (χ2n) is 5.93. The maximum Gasteiger partial charge on any atom is 0.471 e. The molecule has 7 nitrogen and oxygen atoms in total. The monoisotopic (exact) mass is 399 g/mol. The number of aromatic nitrogens is 4. The largest absolute Gasteiger partial charge is 0.471 e. The van der Waals surface area contributed by atoms with Crippen LogP contribution in [0.3, 0.4) is 0 Å². The first-order valence-electron chi connectivity index (χ1n) is 8.34. The van der Waals surface area contributed by atoms with Crippen molar-refractivity contribution < 1.29 is 22.5 Å². The molecule has 0 atom stereocenters. The van der Waals surface area contributed by atoms with Gasteiger partial charge in [0.15, 0.2) is 5.82 Å². The van der Waals surface area contributed by atoms with Crippen LogP contribution in [0.4, 0.5) is 19.0 Å². The Bertz CT molecular complexity index is 1130. The maximum atomic E-state index is 12.5. The molecule has 0 aliphatic heterocycles. The molecular weight excluding hydrogens is 387 g/mol. The molecule has 0 bridgehead atoms. The normalized spacial score (nSPS) is 11.4. The van der Waals surface area contributed by atoms with Gasteiger partial charge in [0, 0.05) is 23.4 Å². The summed E-state index contributed by atoms with van der Waals surface area (Å²) in [4.78, 5) is 15.7. The first kappa shape index (κ1) is 18.4. The van der Waals surface area contributed by atoms with Crippen LogP contribution in [0.25, 0.3) is 17.1 Å².